The molecule has 1 amide bonds. The summed E-state index contributed by atoms with van der Waals surface area (Å²) in [6.45, 7) is 0.258. The largest absolute Gasteiger partial charge is 0.486 e. The van der Waals surface area contributed by atoms with Gasteiger partial charge in [-0.3, -0.25) is 4.79 Å². The first-order valence-corrected chi connectivity index (χ1v) is 7.42. The number of rotatable bonds is 5. The zero-order valence-corrected chi connectivity index (χ0v) is 12.9. The molecule has 116 valence electrons. The molecule has 1 aromatic heterocycles. The summed E-state index contributed by atoms with van der Waals surface area (Å²) in [4.78, 5) is 12.1. The normalized spacial score (nSPS) is 10.3. The molecule has 5 heteroatoms. The van der Waals surface area contributed by atoms with Crippen molar-refractivity contribution in [1.29, 1.82) is 0 Å². The number of furan rings is 1. The van der Waals surface area contributed by atoms with Gasteiger partial charge in [0.15, 0.2) is 5.76 Å². The zero-order valence-electron chi connectivity index (χ0n) is 12.2. The third-order valence-corrected chi connectivity index (χ3v) is 3.33. The topological polar surface area (TPSA) is 51.5 Å². The minimum atomic E-state index is -0.335. The standard InChI is InChI=1S/C18H14ClNO3/c19-13-5-4-6-14(11-13)20-18(21)17-10-9-16(23-17)12-22-15-7-2-1-3-8-15/h1-11H,12H2,(H,20,21). The molecule has 0 aliphatic rings. The van der Waals surface area contributed by atoms with Crippen LogP contribution < -0.4 is 10.1 Å². The van der Waals surface area contributed by atoms with Crippen LogP contribution in [0, 0.1) is 0 Å². The van der Waals surface area contributed by atoms with Crippen molar-refractivity contribution in [2.75, 3.05) is 5.32 Å². The molecule has 2 aromatic carbocycles. The average molecular weight is 328 g/mol. The van der Waals surface area contributed by atoms with E-state index in [9.17, 15) is 4.79 Å². The second-order valence-electron chi connectivity index (χ2n) is 4.83. The Labute approximate surface area is 138 Å². The van der Waals surface area contributed by atoms with Crippen LogP contribution in [0.1, 0.15) is 16.3 Å². The fourth-order valence-corrected chi connectivity index (χ4v) is 2.20. The Morgan fingerprint density at radius 1 is 1.04 bits per heavy atom. The number of anilines is 1. The van der Waals surface area contributed by atoms with Gasteiger partial charge in [0, 0.05) is 10.7 Å². The number of ether oxygens (including phenoxy) is 1. The maximum absolute atomic E-state index is 12.1. The lowest BCUT2D eigenvalue weighted by Gasteiger charge is -2.04. The first kappa shape index (κ1) is 15.2. The molecule has 0 spiro atoms. The smallest absolute Gasteiger partial charge is 0.291 e. The van der Waals surface area contributed by atoms with E-state index in [2.05, 4.69) is 5.32 Å². The Morgan fingerprint density at radius 2 is 1.87 bits per heavy atom. The molecule has 0 aliphatic heterocycles. The Kier molecular flexibility index (Phi) is 4.64. The Balaban J connectivity index is 1.61. The Bertz CT molecular complexity index is 799. The van der Waals surface area contributed by atoms with Gasteiger partial charge in [-0.15, -0.1) is 0 Å². The van der Waals surface area contributed by atoms with Crippen molar-refractivity contribution in [2.45, 2.75) is 6.61 Å². The predicted molar refractivity (Wildman–Crippen MR) is 88.9 cm³/mol. The van der Waals surface area contributed by atoms with Crippen molar-refractivity contribution in [2.24, 2.45) is 0 Å². The summed E-state index contributed by atoms with van der Waals surface area (Å²) in [5.41, 5.74) is 0.612. The lowest BCUT2D eigenvalue weighted by Crippen LogP contribution is -2.10. The van der Waals surface area contributed by atoms with E-state index in [0.29, 0.717) is 16.5 Å². The number of nitrogens with one attached hydrogen (secondary N) is 1. The lowest BCUT2D eigenvalue weighted by atomic mass is 10.3. The van der Waals surface area contributed by atoms with Gasteiger partial charge in [0.25, 0.3) is 5.91 Å². The van der Waals surface area contributed by atoms with Crippen molar-refractivity contribution in [1.82, 2.24) is 0 Å². The molecule has 0 fully saturated rings. The maximum atomic E-state index is 12.1. The number of hydrogen-bond donors (Lipinski definition) is 1. The molecular formula is C18H14ClNO3. The molecule has 0 aliphatic carbocycles. The van der Waals surface area contributed by atoms with Gasteiger partial charge in [0.2, 0.25) is 0 Å². The third-order valence-electron chi connectivity index (χ3n) is 3.09. The quantitative estimate of drug-likeness (QED) is 0.734. The van der Waals surface area contributed by atoms with E-state index in [1.54, 1.807) is 36.4 Å². The predicted octanol–water partition coefficient (Wildman–Crippen LogP) is 4.76. The van der Waals surface area contributed by atoms with Crippen LogP contribution >= 0.6 is 11.6 Å². The third kappa shape index (κ3) is 4.14. The van der Waals surface area contributed by atoms with E-state index in [0.717, 1.165) is 5.75 Å². The summed E-state index contributed by atoms with van der Waals surface area (Å²) in [5.74, 6) is 1.20. The van der Waals surface area contributed by atoms with E-state index in [1.165, 1.54) is 0 Å². The first-order chi connectivity index (χ1) is 11.2. The van der Waals surface area contributed by atoms with Crippen LogP contribution in [0.3, 0.4) is 0 Å². The van der Waals surface area contributed by atoms with Gasteiger partial charge in [-0.25, -0.2) is 0 Å². The van der Waals surface area contributed by atoms with Crippen molar-refractivity contribution in [3.8, 4) is 5.75 Å². The molecule has 23 heavy (non-hydrogen) atoms. The molecule has 1 N–H and O–H groups in total. The van der Waals surface area contributed by atoms with Crippen LogP contribution in [-0.4, -0.2) is 5.91 Å². The van der Waals surface area contributed by atoms with Crippen molar-refractivity contribution in [3.63, 3.8) is 0 Å². The van der Waals surface area contributed by atoms with Crippen LogP contribution in [0.15, 0.2) is 71.1 Å². The summed E-state index contributed by atoms with van der Waals surface area (Å²) in [6.07, 6.45) is 0. The number of para-hydroxylation sites is 1. The van der Waals surface area contributed by atoms with Crippen molar-refractivity contribution in [3.05, 3.63) is 83.3 Å². The van der Waals surface area contributed by atoms with Gasteiger partial charge in [0.05, 0.1) is 0 Å². The highest BCUT2D eigenvalue weighted by atomic mass is 35.5. The van der Waals surface area contributed by atoms with Crippen LogP contribution in [0.2, 0.25) is 5.02 Å². The van der Waals surface area contributed by atoms with Crippen LogP contribution in [0.25, 0.3) is 0 Å². The monoisotopic (exact) mass is 327 g/mol. The maximum Gasteiger partial charge on any atom is 0.291 e. The van der Waals surface area contributed by atoms with E-state index in [-0.39, 0.29) is 18.3 Å². The SMILES string of the molecule is O=C(Nc1cccc(Cl)c1)c1ccc(COc2ccccc2)o1. The highest BCUT2D eigenvalue weighted by molar-refractivity contribution is 6.30. The van der Waals surface area contributed by atoms with Crippen LogP contribution in [0.4, 0.5) is 5.69 Å². The molecule has 0 unspecified atom stereocenters. The van der Waals surface area contributed by atoms with E-state index >= 15 is 0 Å². The molecule has 0 bridgehead atoms. The number of carbonyl (C=O) groups excluding carboxylic acids is 1. The summed E-state index contributed by atoms with van der Waals surface area (Å²) < 4.78 is 11.1. The number of benzene rings is 2. The van der Waals surface area contributed by atoms with Crippen molar-refractivity contribution >= 4 is 23.2 Å². The molecule has 0 saturated heterocycles. The second kappa shape index (κ2) is 7.03. The highest BCUT2D eigenvalue weighted by Crippen LogP contribution is 2.17. The number of hydrogen-bond acceptors (Lipinski definition) is 3. The summed E-state index contributed by atoms with van der Waals surface area (Å²) in [6, 6.07) is 19.7. The minimum Gasteiger partial charge on any atom is -0.486 e. The first-order valence-electron chi connectivity index (χ1n) is 7.04. The molecule has 0 radical (unpaired) electrons. The molecule has 1 heterocycles. The lowest BCUT2D eigenvalue weighted by molar-refractivity contribution is 0.0992. The van der Waals surface area contributed by atoms with Crippen LogP contribution in [0.5, 0.6) is 5.75 Å². The molecule has 0 atom stereocenters. The summed E-state index contributed by atoms with van der Waals surface area (Å²) >= 11 is 5.89. The van der Waals surface area contributed by atoms with Crippen molar-refractivity contribution < 1.29 is 13.9 Å². The molecular weight excluding hydrogens is 314 g/mol. The van der Waals surface area contributed by atoms with E-state index in [4.69, 9.17) is 20.8 Å². The van der Waals surface area contributed by atoms with Gasteiger partial charge in [-0.2, -0.15) is 0 Å². The van der Waals surface area contributed by atoms with Gasteiger partial charge in [-0.05, 0) is 42.5 Å². The summed E-state index contributed by atoms with van der Waals surface area (Å²) in [5, 5.41) is 3.28. The Hall–Kier alpha value is -2.72. The number of halogens is 1. The fourth-order valence-electron chi connectivity index (χ4n) is 2.01. The molecule has 0 saturated carbocycles. The van der Waals surface area contributed by atoms with Gasteiger partial charge in [0.1, 0.15) is 18.1 Å². The van der Waals surface area contributed by atoms with Gasteiger partial charge >= 0.3 is 0 Å². The van der Waals surface area contributed by atoms with Gasteiger partial charge < -0.3 is 14.5 Å². The van der Waals surface area contributed by atoms with Gasteiger partial charge in [-0.1, -0.05) is 35.9 Å². The van der Waals surface area contributed by atoms with Crippen LogP contribution in [-0.2, 0) is 6.61 Å². The second-order valence-corrected chi connectivity index (χ2v) is 5.27. The van der Waals surface area contributed by atoms with E-state index in [1.807, 2.05) is 30.3 Å². The minimum absolute atomic E-state index is 0.219. The molecule has 3 rings (SSSR count). The molecule has 4 nitrogen and oxygen atoms in total. The van der Waals surface area contributed by atoms with E-state index < -0.39 is 0 Å². The summed E-state index contributed by atoms with van der Waals surface area (Å²) in [7, 11) is 0. The number of carbonyl (C=O) groups is 1. The zero-order chi connectivity index (χ0) is 16.1. The Morgan fingerprint density at radius 3 is 2.65 bits per heavy atom. The number of amides is 1. The average Bonchev–Trinajstić information content (AvgIpc) is 3.03. The fraction of sp³-hybridized carbons (Fsp3) is 0.0556. The molecule has 3 aromatic rings. The highest BCUT2D eigenvalue weighted by Gasteiger charge is 2.12.